The van der Waals surface area contributed by atoms with Crippen LogP contribution in [0.5, 0.6) is 23.0 Å². The lowest BCUT2D eigenvalue weighted by Crippen LogP contribution is -1.97. The first kappa shape index (κ1) is 16.8. The first-order valence-electron chi connectivity index (χ1n) is 7.16. The minimum absolute atomic E-state index is 0.217. The Labute approximate surface area is 145 Å². The van der Waals surface area contributed by atoms with Crippen LogP contribution in [0.2, 0.25) is 0 Å². The first-order valence-corrected chi connectivity index (χ1v) is 8.34. The summed E-state index contributed by atoms with van der Waals surface area (Å²) in [6.45, 7) is 0. The van der Waals surface area contributed by atoms with E-state index in [2.05, 4.69) is 14.7 Å². The topological polar surface area (TPSA) is 99.6 Å². The van der Waals surface area contributed by atoms with E-state index in [1.165, 1.54) is 12.3 Å². The maximum absolute atomic E-state index is 10.6. The maximum Gasteiger partial charge on any atom is 0.223 e. The van der Waals surface area contributed by atoms with Crippen LogP contribution in [0, 0.1) is 0 Å². The van der Waals surface area contributed by atoms with Gasteiger partial charge in [-0.05, 0) is 24.3 Å². The van der Waals surface area contributed by atoms with Crippen LogP contribution in [0.15, 0.2) is 42.7 Å². The number of nitrogens with one attached hydrogen (secondary N) is 1. The summed E-state index contributed by atoms with van der Waals surface area (Å²) in [4.78, 5) is 8.28. The number of benzene rings is 1. The van der Waals surface area contributed by atoms with Gasteiger partial charge >= 0.3 is 0 Å². The average Bonchev–Trinajstić information content (AvgIpc) is 2.62. The number of aromatic nitrogens is 2. The smallest absolute Gasteiger partial charge is 0.223 e. The van der Waals surface area contributed by atoms with Crippen LogP contribution in [0.1, 0.15) is 0 Å². The monoisotopic (exact) mass is 361 g/mol. The van der Waals surface area contributed by atoms with Crippen molar-refractivity contribution in [3.8, 4) is 23.0 Å². The molecule has 25 heavy (non-hydrogen) atoms. The normalized spacial score (nSPS) is 10.7. The molecule has 0 unspecified atom stereocenters. The molecule has 0 aliphatic carbocycles. The van der Waals surface area contributed by atoms with Gasteiger partial charge in [0, 0.05) is 17.6 Å². The van der Waals surface area contributed by atoms with Crippen LogP contribution < -0.4 is 18.9 Å². The molecule has 1 aromatic carbocycles. The van der Waals surface area contributed by atoms with Crippen LogP contribution in [-0.4, -0.2) is 32.6 Å². The van der Waals surface area contributed by atoms with E-state index in [1.54, 1.807) is 44.7 Å². The Bertz CT molecular complexity index is 965. The van der Waals surface area contributed by atoms with Crippen molar-refractivity contribution in [2.75, 3.05) is 18.9 Å². The molecule has 2 aromatic heterocycles. The summed E-state index contributed by atoms with van der Waals surface area (Å²) >= 11 is 0. The second-order valence-corrected chi connectivity index (χ2v) is 5.62. The molecule has 3 rings (SSSR count). The zero-order valence-corrected chi connectivity index (χ0v) is 14.3. The maximum atomic E-state index is 10.6. The number of pyridine rings is 2. The lowest BCUT2D eigenvalue weighted by atomic mass is 10.2. The second kappa shape index (κ2) is 7.22. The molecule has 8 nitrogen and oxygen atoms in total. The van der Waals surface area contributed by atoms with Crippen molar-refractivity contribution in [2.45, 2.75) is 0 Å². The number of nitrogens with zero attached hydrogens (tertiary/aromatic N) is 2. The molecule has 3 aromatic rings. The number of fused-ring (bicyclic) bond motifs is 1. The Balaban J connectivity index is 1.95. The van der Waals surface area contributed by atoms with Crippen molar-refractivity contribution in [2.24, 2.45) is 0 Å². The third-order valence-corrected chi connectivity index (χ3v) is 3.79. The molecule has 0 atom stereocenters. The zero-order valence-electron chi connectivity index (χ0n) is 13.4. The van der Waals surface area contributed by atoms with Crippen LogP contribution in [-0.2, 0) is 10.9 Å². The van der Waals surface area contributed by atoms with Gasteiger partial charge in [-0.1, -0.05) is 0 Å². The summed E-state index contributed by atoms with van der Waals surface area (Å²) in [7, 11) is 0.353. The molecule has 0 radical (unpaired) electrons. The molecule has 0 saturated carbocycles. The highest BCUT2D eigenvalue weighted by atomic mass is 32.2. The molecule has 1 N–H and O–H groups in total. The highest BCUT2D eigenvalue weighted by molar-refractivity contribution is 7.73. The summed E-state index contributed by atoms with van der Waals surface area (Å²) in [6, 6.07) is 8.38. The number of hydrogen-bond donors (Lipinski definition) is 2. The number of thiol groups is 1. The van der Waals surface area contributed by atoms with E-state index in [9.17, 15) is 8.42 Å². The van der Waals surface area contributed by atoms with E-state index in [-0.39, 0.29) is 5.82 Å². The van der Waals surface area contributed by atoms with Gasteiger partial charge in [0.2, 0.25) is 10.9 Å². The number of ether oxygens (including phenoxy) is 3. The molecule has 130 valence electrons. The van der Waals surface area contributed by atoms with Gasteiger partial charge in [0.15, 0.2) is 11.5 Å². The second-order valence-electron chi connectivity index (χ2n) is 4.88. The van der Waals surface area contributed by atoms with Gasteiger partial charge < -0.3 is 14.2 Å². The molecule has 2 heterocycles. The summed E-state index contributed by atoms with van der Waals surface area (Å²) in [5.74, 6) is 2.36. The largest absolute Gasteiger partial charge is 0.493 e. The quantitative estimate of drug-likeness (QED) is 0.650. The summed E-state index contributed by atoms with van der Waals surface area (Å²) in [6.07, 6.45) is 3.04. The molecule has 0 fully saturated rings. The Hall–Kier alpha value is -3.07. The van der Waals surface area contributed by atoms with Crippen LogP contribution in [0.4, 0.5) is 5.82 Å². The molecule has 0 saturated heterocycles. The lowest BCUT2D eigenvalue weighted by molar-refractivity contribution is 0.355. The van der Waals surface area contributed by atoms with E-state index >= 15 is 0 Å². The average molecular weight is 361 g/mol. The van der Waals surface area contributed by atoms with Crippen molar-refractivity contribution in [3.63, 3.8) is 0 Å². The fourth-order valence-electron chi connectivity index (χ4n) is 2.26. The predicted octanol–water partition coefficient (Wildman–Crippen LogP) is 2.38. The van der Waals surface area contributed by atoms with Crippen molar-refractivity contribution >= 4 is 27.6 Å². The highest BCUT2D eigenvalue weighted by Crippen LogP contribution is 2.36. The van der Waals surface area contributed by atoms with Gasteiger partial charge in [0.25, 0.3) is 0 Å². The van der Waals surface area contributed by atoms with Gasteiger partial charge in [-0.15, -0.1) is 0 Å². The van der Waals surface area contributed by atoms with E-state index in [4.69, 9.17) is 14.2 Å². The third-order valence-electron chi connectivity index (χ3n) is 3.38. The highest BCUT2D eigenvalue weighted by Gasteiger charge is 2.11. The fraction of sp³-hybridized carbons (Fsp3) is 0.125. The van der Waals surface area contributed by atoms with E-state index in [0.29, 0.717) is 28.5 Å². The van der Waals surface area contributed by atoms with Crippen LogP contribution in [0.25, 0.3) is 10.9 Å². The summed E-state index contributed by atoms with van der Waals surface area (Å²) in [5.41, 5.74) is 0.685. The molecule has 0 aliphatic heterocycles. The molecule has 0 spiro atoms. The van der Waals surface area contributed by atoms with Crippen molar-refractivity contribution in [1.82, 2.24) is 9.97 Å². The van der Waals surface area contributed by atoms with Crippen molar-refractivity contribution in [1.29, 1.82) is 0 Å². The Kier molecular flexibility index (Phi) is 4.85. The van der Waals surface area contributed by atoms with Crippen LogP contribution >= 0.6 is 0 Å². The number of rotatable bonds is 6. The molecule has 9 heteroatoms. The number of anilines is 1. The van der Waals surface area contributed by atoms with E-state index in [0.717, 1.165) is 5.39 Å². The lowest BCUT2D eigenvalue weighted by Gasteiger charge is -2.12. The molecule has 0 amide bonds. The molecular formula is C16H15N3O5S. The van der Waals surface area contributed by atoms with Gasteiger partial charge in [0.1, 0.15) is 17.3 Å². The molecule has 0 aliphatic rings. The summed E-state index contributed by atoms with van der Waals surface area (Å²) < 4.78 is 39.9. The third kappa shape index (κ3) is 3.72. The number of methoxy groups -OCH3 is 2. The fourth-order valence-corrected chi connectivity index (χ4v) is 2.58. The minimum Gasteiger partial charge on any atom is -0.493 e. The van der Waals surface area contributed by atoms with E-state index < -0.39 is 10.9 Å². The summed E-state index contributed by atoms with van der Waals surface area (Å²) in [5, 5.41) is 0.741. The molecule has 0 bridgehead atoms. The van der Waals surface area contributed by atoms with Crippen molar-refractivity contribution in [3.05, 3.63) is 42.7 Å². The first-order chi connectivity index (χ1) is 12.1. The van der Waals surface area contributed by atoms with Crippen LogP contribution in [0.3, 0.4) is 0 Å². The molecular weight excluding hydrogens is 346 g/mol. The number of hydrogen-bond acceptors (Lipinski definition) is 7. The van der Waals surface area contributed by atoms with Gasteiger partial charge in [-0.2, -0.15) is 0 Å². The minimum atomic E-state index is -2.76. The van der Waals surface area contributed by atoms with E-state index in [1.807, 2.05) is 0 Å². The predicted molar refractivity (Wildman–Crippen MR) is 93.1 cm³/mol. The van der Waals surface area contributed by atoms with Crippen molar-refractivity contribution < 1.29 is 22.6 Å². The standard InChI is InChI=1S/C16H15N3O5S/c1-22-14-7-11-12(8-15(14)23-2)17-6-5-13(11)24-10-3-4-16(18-9-10)19-25(20)21/h3-9,25H,1-2H3,(H,18,19,20,21). The van der Waals surface area contributed by atoms with Gasteiger partial charge in [0.05, 0.1) is 25.9 Å². The Morgan fingerprint density at radius 2 is 1.72 bits per heavy atom. The van der Waals surface area contributed by atoms with Gasteiger partial charge in [-0.25, -0.2) is 13.4 Å². The SMILES string of the molecule is COc1cc2nccc(Oc3ccc(N[SH](=O)=O)nc3)c2cc1OC. The Morgan fingerprint density at radius 1 is 0.960 bits per heavy atom. The van der Waals surface area contributed by atoms with Gasteiger partial charge in [-0.3, -0.25) is 9.71 Å². The Morgan fingerprint density at radius 3 is 2.36 bits per heavy atom. The zero-order chi connectivity index (χ0) is 17.8.